The molecule has 6 nitrogen and oxygen atoms in total. The van der Waals surface area contributed by atoms with Gasteiger partial charge in [0.2, 0.25) is 0 Å². The Morgan fingerprint density at radius 1 is 1.25 bits per heavy atom. The maximum Gasteiger partial charge on any atom is 0.339 e. The molecule has 0 saturated carbocycles. The fraction of sp³-hybridized carbons (Fsp3) is 0. The van der Waals surface area contributed by atoms with Crippen LogP contribution in [0.15, 0.2) is 41.1 Å². The number of hydrogen-bond acceptors (Lipinski definition) is 4. The number of carbonyl (C=O) groups is 2. The van der Waals surface area contributed by atoms with Crippen LogP contribution < -0.4 is 5.32 Å². The van der Waals surface area contributed by atoms with E-state index >= 15 is 0 Å². The number of nitrogens with one attached hydrogen (secondary N) is 1. The number of nitrogens with zero attached hydrogens (tertiary/aromatic N) is 1. The number of benzene rings is 1. The molecule has 102 valence electrons. The standard InChI is InChI=1S/C13H9BrN2O4/c14-10-6-7(4-5-15-10)12(18)16-9-3-1-2-8(11(9)17)13(19)20/h1-6,17H,(H,16,18)(H,19,20). The molecule has 0 fully saturated rings. The first-order valence-corrected chi connectivity index (χ1v) is 6.26. The number of hydrogen-bond donors (Lipinski definition) is 3. The Balaban J connectivity index is 2.29. The predicted octanol–water partition coefficient (Wildman–Crippen LogP) is 2.50. The normalized spacial score (nSPS) is 10.1. The molecule has 20 heavy (non-hydrogen) atoms. The Morgan fingerprint density at radius 2 is 2.00 bits per heavy atom. The quantitative estimate of drug-likeness (QED) is 0.590. The second-order valence-electron chi connectivity index (χ2n) is 3.83. The number of aromatic carboxylic acids is 1. The lowest BCUT2D eigenvalue weighted by Gasteiger charge is -2.09. The molecule has 1 aromatic carbocycles. The third-order valence-corrected chi connectivity index (χ3v) is 2.94. The number of halogens is 1. The van der Waals surface area contributed by atoms with Crippen molar-refractivity contribution >= 4 is 33.5 Å². The van der Waals surface area contributed by atoms with Crippen LogP contribution in [0, 0.1) is 0 Å². The molecule has 0 radical (unpaired) electrons. The van der Waals surface area contributed by atoms with E-state index in [2.05, 4.69) is 26.2 Å². The van der Waals surface area contributed by atoms with Gasteiger partial charge in [-0.2, -0.15) is 0 Å². The summed E-state index contributed by atoms with van der Waals surface area (Å²) < 4.78 is 0.494. The van der Waals surface area contributed by atoms with Crippen molar-refractivity contribution in [3.63, 3.8) is 0 Å². The molecule has 1 heterocycles. The fourth-order valence-corrected chi connectivity index (χ4v) is 1.92. The van der Waals surface area contributed by atoms with Crippen molar-refractivity contribution in [2.45, 2.75) is 0 Å². The van der Waals surface area contributed by atoms with Crippen LogP contribution >= 0.6 is 15.9 Å². The van der Waals surface area contributed by atoms with Gasteiger partial charge in [-0.15, -0.1) is 0 Å². The van der Waals surface area contributed by atoms with Crippen molar-refractivity contribution in [2.24, 2.45) is 0 Å². The predicted molar refractivity (Wildman–Crippen MR) is 75.0 cm³/mol. The molecule has 1 amide bonds. The molecular formula is C13H9BrN2O4. The van der Waals surface area contributed by atoms with Gasteiger partial charge in [-0.3, -0.25) is 4.79 Å². The lowest BCUT2D eigenvalue weighted by atomic mass is 10.1. The number of pyridine rings is 1. The molecule has 0 aliphatic carbocycles. The van der Waals surface area contributed by atoms with Crippen molar-refractivity contribution in [3.05, 3.63) is 52.3 Å². The summed E-state index contributed by atoms with van der Waals surface area (Å²) in [6.07, 6.45) is 1.45. The van der Waals surface area contributed by atoms with Gasteiger partial charge in [-0.1, -0.05) is 6.07 Å². The van der Waals surface area contributed by atoms with Crippen LogP contribution in [0.5, 0.6) is 5.75 Å². The number of phenols is 1. The van der Waals surface area contributed by atoms with Crippen LogP contribution in [0.3, 0.4) is 0 Å². The Labute approximate surface area is 122 Å². The molecule has 0 spiro atoms. The topological polar surface area (TPSA) is 99.5 Å². The molecule has 1 aromatic heterocycles. The zero-order valence-corrected chi connectivity index (χ0v) is 11.6. The Kier molecular flexibility index (Phi) is 3.99. The summed E-state index contributed by atoms with van der Waals surface area (Å²) in [6.45, 7) is 0. The summed E-state index contributed by atoms with van der Waals surface area (Å²) in [5, 5.41) is 21.1. The fourth-order valence-electron chi connectivity index (χ4n) is 1.56. The number of aromatic nitrogens is 1. The molecule has 0 saturated heterocycles. The van der Waals surface area contributed by atoms with E-state index in [0.29, 0.717) is 10.2 Å². The molecule has 0 aliphatic rings. The largest absolute Gasteiger partial charge is 0.505 e. The second kappa shape index (κ2) is 5.70. The maximum absolute atomic E-state index is 12.0. The molecule has 3 N–H and O–H groups in total. The van der Waals surface area contributed by atoms with Crippen LogP contribution in [-0.4, -0.2) is 27.1 Å². The summed E-state index contributed by atoms with van der Waals surface area (Å²) in [5.41, 5.74) is 0.0774. The van der Waals surface area contributed by atoms with Crippen LogP contribution in [0.1, 0.15) is 20.7 Å². The number of rotatable bonds is 3. The van der Waals surface area contributed by atoms with Gasteiger partial charge in [-0.05, 0) is 40.2 Å². The lowest BCUT2D eigenvalue weighted by molar-refractivity contribution is 0.0693. The van der Waals surface area contributed by atoms with Gasteiger partial charge in [0.1, 0.15) is 10.2 Å². The van der Waals surface area contributed by atoms with E-state index in [1.807, 2.05) is 0 Å². The number of anilines is 1. The monoisotopic (exact) mass is 336 g/mol. The van der Waals surface area contributed by atoms with Crippen molar-refractivity contribution < 1.29 is 19.8 Å². The third kappa shape index (κ3) is 2.94. The molecule has 2 aromatic rings. The molecule has 0 atom stereocenters. The van der Waals surface area contributed by atoms with Gasteiger partial charge in [0.25, 0.3) is 5.91 Å². The minimum atomic E-state index is -1.27. The number of aromatic hydroxyl groups is 1. The summed E-state index contributed by atoms with van der Waals surface area (Å²) in [6, 6.07) is 7.10. The lowest BCUT2D eigenvalue weighted by Crippen LogP contribution is -2.13. The smallest absolute Gasteiger partial charge is 0.339 e. The zero-order chi connectivity index (χ0) is 14.7. The van der Waals surface area contributed by atoms with E-state index in [-0.39, 0.29) is 11.3 Å². The van der Waals surface area contributed by atoms with Gasteiger partial charge in [0.15, 0.2) is 5.75 Å². The summed E-state index contributed by atoms with van der Waals surface area (Å²) in [7, 11) is 0. The Morgan fingerprint density at radius 3 is 2.65 bits per heavy atom. The van der Waals surface area contributed by atoms with E-state index in [1.54, 1.807) is 0 Å². The van der Waals surface area contributed by atoms with Crippen molar-refractivity contribution in [3.8, 4) is 5.75 Å². The number of para-hydroxylation sites is 1. The highest BCUT2D eigenvalue weighted by Gasteiger charge is 2.15. The molecule has 0 aliphatic heterocycles. The zero-order valence-electron chi connectivity index (χ0n) is 10.0. The number of carboxylic acids is 1. The first-order valence-electron chi connectivity index (χ1n) is 5.47. The maximum atomic E-state index is 12.0. The van der Waals surface area contributed by atoms with Gasteiger partial charge in [-0.25, -0.2) is 9.78 Å². The SMILES string of the molecule is O=C(Nc1cccc(C(=O)O)c1O)c1ccnc(Br)c1. The molecule has 7 heteroatoms. The Hall–Kier alpha value is -2.41. The van der Waals surface area contributed by atoms with Crippen LogP contribution in [0.25, 0.3) is 0 Å². The first kappa shape index (κ1) is 14.0. The van der Waals surface area contributed by atoms with E-state index in [1.165, 1.54) is 36.5 Å². The minimum Gasteiger partial charge on any atom is -0.505 e. The molecular weight excluding hydrogens is 328 g/mol. The highest BCUT2D eigenvalue weighted by Crippen LogP contribution is 2.27. The van der Waals surface area contributed by atoms with Crippen molar-refractivity contribution in [1.82, 2.24) is 4.98 Å². The van der Waals surface area contributed by atoms with Crippen LogP contribution in [0.4, 0.5) is 5.69 Å². The first-order chi connectivity index (χ1) is 9.49. The van der Waals surface area contributed by atoms with Gasteiger partial charge in [0.05, 0.1) is 5.69 Å². The van der Waals surface area contributed by atoms with E-state index in [9.17, 15) is 14.7 Å². The van der Waals surface area contributed by atoms with Crippen molar-refractivity contribution in [1.29, 1.82) is 0 Å². The van der Waals surface area contributed by atoms with Crippen molar-refractivity contribution in [2.75, 3.05) is 5.32 Å². The summed E-state index contributed by atoms with van der Waals surface area (Å²) in [4.78, 5) is 26.8. The summed E-state index contributed by atoms with van der Waals surface area (Å²) in [5.74, 6) is -2.24. The highest BCUT2D eigenvalue weighted by molar-refractivity contribution is 9.10. The Bertz CT molecular complexity index is 688. The van der Waals surface area contributed by atoms with E-state index in [0.717, 1.165) is 0 Å². The second-order valence-corrected chi connectivity index (χ2v) is 4.64. The van der Waals surface area contributed by atoms with Crippen LogP contribution in [0.2, 0.25) is 0 Å². The van der Waals surface area contributed by atoms with E-state index in [4.69, 9.17) is 5.11 Å². The molecule has 0 unspecified atom stereocenters. The molecule has 0 bridgehead atoms. The average molecular weight is 337 g/mol. The van der Waals surface area contributed by atoms with Gasteiger partial charge < -0.3 is 15.5 Å². The number of carbonyl (C=O) groups excluding carboxylic acids is 1. The average Bonchev–Trinajstić information content (AvgIpc) is 2.40. The summed E-state index contributed by atoms with van der Waals surface area (Å²) >= 11 is 3.14. The van der Waals surface area contributed by atoms with Gasteiger partial charge in [0, 0.05) is 11.8 Å². The highest BCUT2D eigenvalue weighted by atomic mass is 79.9. The third-order valence-electron chi connectivity index (χ3n) is 2.50. The van der Waals surface area contributed by atoms with Gasteiger partial charge >= 0.3 is 5.97 Å². The minimum absolute atomic E-state index is 0.0304. The van der Waals surface area contributed by atoms with E-state index < -0.39 is 17.6 Å². The number of amides is 1. The molecule has 2 rings (SSSR count). The van der Waals surface area contributed by atoms with Crippen LogP contribution in [-0.2, 0) is 0 Å². The number of carboxylic acid groups (broad SMARTS) is 1.